The van der Waals surface area contributed by atoms with Gasteiger partial charge in [0.25, 0.3) is 0 Å². The van der Waals surface area contributed by atoms with E-state index in [9.17, 15) is 4.79 Å². The lowest BCUT2D eigenvalue weighted by atomic mass is 10.2. The molecule has 0 saturated heterocycles. The topological polar surface area (TPSA) is 42.0 Å². The number of thioether (sulfide) groups is 1. The average Bonchev–Trinajstić information content (AvgIpc) is 2.94. The van der Waals surface area contributed by atoms with Gasteiger partial charge in [-0.15, -0.1) is 11.3 Å². The average molecular weight is 320 g/mol. The smallest absolute Gasteiger partial charge is 0.233 e. The lowest BCUT2D eigenvalue weighted by Gasteiger charge is -2.11. The minimum atomic E-state index is -0.126. The molecule has 1 unspecified atom stereocenters. The highest BCUT2D eigenvalue weighted by Gasteiger charge is 2.16. The molecule has 21 heavy (non-hydrogen) atoms. The molecule has 112 valence electrons. The Morgan fingerprint density at radius 1 is 1.29 bits per heavy atom. The highest BCUT2D eigenvalue weighted by atomic mass is 32.2. The van der Waals surface area contributed by atoms with E-state index in [2.05, 4.69) is 24.1 Å². The van der Waals surface area contributed by atoms with Crippen LogP contribution in [0.5, 0.6) is 0 Å². The molecule has 0 aliphatic heterocycles. The molecule has 1 atom stereocenters. The van der Waals surface area contributed by atoms with Gasteiger partial charge in [0.15, 0.2) is 4.34 Å². The van der Waals surface area contributed by atoms with E-state index in [-0.39, 0.29) is 11.2 Å². The number of carbonyl (C=O) groups is 1. The lowest BCUT2D eigenvalue weighted by Crippen LogP contribution is -2.33. The van der Waals surface area contributed by atoms with Gasteiger partial charge in [-0.25, -0.2) is 4.98 Å². The fourth-order valence-electron chi connectivity index (χ4n) is 1.71. The number of nitrogens with zero attached hydrogens (tertiary/aromatic N) is 1. The molecule has 2 aromatic rings. The van der Waals surface area contributed by atoms with Crippen LogP contribution in [0.3, 0.4) is 0 Å². The van der Waals surface area contributed by atoms with Gasteiger partial charge >= 0.3 is 0 Å². The summed E-state index contributed by atoms with van der Waals surface area (Å²) in [6.45, 7) is 6.82. The summed E-state index contributed by atoms with van der Waals surface area (Å²) in [5.41, 5.74) is 2.08. The van der Waals surface area contributed by atoms with E-state index in [1.165, 1.54) is 11.8 Å². The number of rotatable bonds is 6. The third-order valence-electron chi connectivity index (χ3n) is 2.88. The number of hydrogen-bond donors (Lipinski definition) is 1. The third kappa shape index (κ3) is 4.86. The summed E-state index contributed by atoms with van der Waals surface area (Å²) in [6, 6.07) is 10.1. The Hall–Kier alpha value is -1.33. The Bertz CT molecular complexity index is 581. The molecular formula is C16H20N2OS2. The van der Waals surface area contributed by atoms with Crippen molar-refractivity contribution in [2.75, 3.05) is 6.54 Å². The highest BCUT2D eigenvalue weighted by Crippen LogP contribution is 2.30. The Morgan fingerprint density at radius 2 is 2.00 bits per heavy atom. The van der Waals surface area contributed by atoms with Gasteiger partial charge in [0.1, 0.15) is 0 Å². The highest BCUT2D eigenvalue weighted by molar-refractivity contribution is 8.02. The fraction of sp³-hybridized carbons (Fsp3) is 0.375. The second-order valence-corrected chi connectivity index (χ2v) is 7.71. The van der Waals surface area contributed by atoms with Crippen LogP contribution in [0.4, 0.5) is 0 Å². The number of thiazole rings is 1. The van der Waals surface area contributed by atoms with Crippen LogP contribution in [0.2, 0.25) is 0 Å². The van der Waals surface area contributed by atoms with Crippen molar-refractivity contribution < 1.29 is 4.79 Å². The summed E-state index contributed by atoms with van der Waals surface area (Å²) in [7, 11) is 0. The first kappa shape index (κ1) is 16.0. The van der Waals surface area contributed by atoms with Crippen molar-refractivity contribution in [3.8, 4) is 11.3 Å². The predicted octanol–water partition coefficient (Wildman–Crippen LogP) is 4.06. The molecule has 5 heteroatoms. The Morgan fingerprint density at radius 3 is 2.67 bits per heavy atom. The van der Waals surface area contributed by atoms with Crippen LogP contribution in [0.15, 0.2) is 40.1 Å². The second-order valence-electron chi connectivity index (χ2n) is 5.26. The van der Waals surface area contributed by atoms with Crippen molar-refractivity contribution in [1.82, 2.24) is 10.3 Å². The lowest BCUT2D eigenvalue weighted by molar-refractivity contribution is -0.120. The van der Waals surface area contributed by atoms with E-state index in [4.69, 9.17) is 0 Å². The maximum atomic E-state index is 12.0. The van der Waals surface area contributed by atoms with E-state index < -0.39 is 0 Å². The zero-order valence-corrected chi connectivity index (χ0v) is 14.1. The molecule has 3 nitrogen and oxygen atoms in total. The summed E-state index contributed by atoms with van der Waals surface area (Å²) >= 11 is 3.10. The Kier molecular flexibility index (Phi) is 5.82. The molecule has 0 aliphatic rings. The van der Waals surface area contributed by atoms with Gasteiger partial charge in [-0.2, -0.15) is 0 Å². The van der Waals surface area contributed by atoms with Gasteiger partial charge in [-0.05, 0) is 12.8 Å². The summed E-state index contributed by atoms with van der Waals surface area (Å²) < 4.78 is 0.932. The van der Waals surface area contributed by atoms with Crippen LogP contribution in [0, 0.1) is 5.92 Å². The molecule has 1 aromatic carbocycles. The van der Waals surface area contributed by atoms with Gasteiger partial charge in [0, 0.05) is 17.5 Å². The molecule has 0 aliphatic carbocycles. The largest absolute Gasteiger partial charge is 0.355 e. The zero-order valence-electron chi connectivity index (χ0n) is 12.5. The molecule has 0 radical (unpaired) electrons. The number of amides is 1. The first-order valence-electron chi connectivity index (χ1n) is 7.01. The molecule has 1 aromatic heterocycles. The number of aromatic nitrogens is 1. The first-order chi connectivity index (χ1) is 10.1. The quantitative estimate of drug-likeness (QED) is 0.816. The normalized spacial score (nSPS) is 12.4. The summed E-state index contributed by atoms with van der Waals surface area (Å²) in [4.78, 5) is 16.6. The molecule has 0 bridgehead atoms. The van der Waals surface area contributed by atoms with Gasteiger partial charge in [0.05, 0.1) is 10.9 Å². The number of carbonyl (C=O) groups excluding carboxylic acids is 1. The molecule has 1 N–H and O–H groups in total. The first-order valence-corrected chi connectivity index (χ1v) is 8.77. The van der Waals surface area contributed by atoms with Crippen LogP contribution >= 0.6 is 23.1 Å². The van der Waals surface area contributed by atoms with Crippen molar-refractivity contribution >= 4 is 29.0 Å². The molecule has 0 spiro atoms. The van der Waals surface area contributed by atoms with Gasteiger partial charge in [-0.1, -0.05) is 55.9 Å². The van der Waals surface area contributed by atoms with E-state index in [1.807, 2.05) is 42.6 Å². The van der Waals surface area contributed by atoms with Crippen molar-refractivity contribution in [2.24, 2.45) is 5.92 Å². The summed E-state index contributed by atoms with van der Waals surface area (Å²) in [5, 5.41) is 4.87. The molecule has 0 fully saturated rings. The summed E-state index contributed by atoms with van der Waals surface area (Å²) in [6.07, 6.45) is 0. The molecule has 0 saturated carbocycles. The van der Waals surface area contributed by atoms with Crippen LogP contribution in [-0.4, -0.2) is 22.7 Å². The Labute approximate surface area is 134 Å². The minimum Gasteiger partial charge on any atom is -0.355 e. The molecule has 1 heterocycles. The minimum absolute atomic E-state index is 0.0742. The Balaban J connectivity index is 1.95. The van der Waals surface area contributed by atoms with Gasteiger partial charge < -0.3 is 5.32 Å². The van der Waals surface area contributed by atoms with Crippen LogP contribution < -0.4 is 5.32 Å². The van der Waals surface area contributed by atoms with E-state index in [0.29, 0.717) is 5.92 Å². The van der Waals surface area contributed by atoms with E-state index in [0.717, 1.165) is 22.1 Å². The second kappa shape index (κ2) is 7.61. The van der Waals surface area contributed by atoms with E-state index in [1.54, 1.807) is 11.3 Å². The molecule has 1 amide bonds. The standard InChI is InChI=1S/C16H20N2OS2/c1-11(2)9-17-15(19)12(3)21-16-18-14(10-20-16)13-7-5-4-6-8-13/h4-8,10-12H,9H2,1-3H3,(H,17,19). The number of nitrogens with one attached hydrogen (secondary N) is 1. The molecular weight excluding hydrogens is 300 g/mol. The van der Waals surface area contributed by atoms with Crippen molar-refractivity contribution in [2.45, 2.75) is 30.4 Å². The van der Waals surface area contributed by atoms with Crippen LogP contribution in [0.25, 0.3) is 11.3 Å². The van der Waals surface area contributed by atoms with Crippen LogP contribution in [-0.2, 0) is 4.79 Å². The van der Waals surface area contributed by atoms with Crippen molar-refractivity contribution in [3.63, 3.8) is 0 Å². The summed E-state index contributed by atoms with van der Waals surface area (Å²) in [5.74, 6) is 0.542. The predicted molar refractivity (Wildman–Crippen MR) is 90.7 cm³/mol. The van der Waals surface area contributed by atoms with Crippen molar-refractivity contribution in [1.29, 1.82) is 0 Å². The van der Waals surface area contributed by atoms with E-state index >= 15 is 0 Å². The maximum absolute atomic E-state index is 12.0. The van der Waals surface area contributed by atoms with Crippen LogP contribution in [0.1, 0.15) is 20.8 Å². The monoisotopic (exact) mass is 320 g/mol. The van der Waals surface area contributed by atoms with Gasteiger partial charge in [0.2, 0.25) is 5.91 Å². The number of hydrogen-bond acceptors (Lipinski definition) is 4. The maximum Gasteiger partial charge on any atom is 0.233 e. The fourth-order valence-corrected chi connectivity index (χ4v) is 3.70. The van der Waals surface area contributed by atoms with Crippen molar-refractivity contribution in [3.05, 3.63) is 35.7 Å². The number of benzene rings is 1. The molecule has 2 rings (SSSR count). The van der Waals surface area contributed by atoms with Gasteiger partial charge in [-0.3, -0.25) is 4.79 Å². The zero-order chi connectivity index (χ0) is 15.2. The SMILES string of the molecule is CC(C)CNC(=O)C(C)Sc1nc(-c2ccccc2)cs1. The third-order valence-corrected chi connectivity index (χ3v) is 4.96.